The summed E-state index contributed by atoms with van der Waals surface area (Å²) in [7, 11) is 0. The molecule has 0 amide bonds. The van der Waals surface area contributed by atoms with E-state index in [0.717, 1.165) is 0 Å². The SMILES string of the molecule is O=c1oc2cc(O)cc(O)c2c2cccc(CCO)c12. The van der Waals surface area contributed by atoms with Gasteiger partial charge in [0.1, 0.15) is 17.1 Å². The molecule has 1 heterocycles. The Hall–Kier alpha value is -2.53. The normalized spacial score (nSPS) is 11.2. The average molecular weight is 272 g/mol. The van der Waals surface area contributed by atoms with Crippen LogP contribution in [0.15, 0.2) is 39.5 Å². The van der Waals surface area contributed by atoms with Crippen molar-refractivity contribution < 1.29 is 19.7 Å². The number of aromatic hydroxyl groups is 2. The van der Waals surface area contributed by atoms with Gasteiger partial charge >= 0.3 is 5.63 Å². The first-order valence-corrected chi connectivity index (χ1v) is 6.13. The van der Waals surface area contributed by atoms with E-state index in [9.17, 15) is 15.0 Å². The zero-order valence-electron chi connectivity index (χ0n) is 10.5. The van der Waals surface area contributed by atoms with Crippen LogP contribution in [0.3, 0.4) is 0 Å². The van der Waals surface area contributed by atoms with Crippen LogP contribution < -0.4 is 5.63 Å². The molecule has 0 saturated carbocycles. The van der Waals surface area contributed by atoms with Gasteiger partial charge in [0.15, 0.2) is 0 Å². The van der Waals surface area contributed by atoms with Crippen LogP contribution in [0.2, 0.25) is 0 Å². The molecule has 3 rings (SSSR count). The molecule has 0 saturated heterocycles. The number of benzene rings is 2. The van der Waals surface area contributed by atoms with E-state index < -0.39 is 5.63 Å². The Labute approximate surface area is 113 Å². The fourth-order valence-corrected chi connectivity index (χ4v) is 2.47. The Bertz CT molecular complexity index is 863. The lowest BCUT2D eigenvalue weighted by molar-refractivity contribution is 0.300. The van der Waals surface area contributed by atoms with Gasteiger partial charge < -0.3 is 19.7 Å². The number of hydrogen-bond donors (Lipinski definition) is 3. The molecule has 20 heavy (non-hydrogen) atoms. The maximum absolute atomic E-state index is 12.1. The number of aliphatic hydroxyl groups is 1. The van der Waals surface area contributed by atoms with Gasteiger partial charge in [-0.1, -0.05) is 18.2 Å². The maximum atomic E-state index is 12.1. The summed E-state index contributed by atoms with van der Waals surface area (Å²) in [4.78, 5) is 12.1. The lowest BCUT2D eigenvalue weighted by atomic mass is 10.0. The van der Waals surface area contributed by atoms with Crippen molar-refractivity contribution in [2.24, 2.45) is 0 Å². The van der Waals surface area contributed by atoms with Crippen molar-refractivity contribution in [3.63, 3.8) is 0 Å². The zero-order valence-corrected chi connectivity index (χ0v) is 10.5. The molecular formula is C15H12O5. The molecule has 3 aromatic rings. The quantitative estimate of drug-likeness (QED) is 0.489. The molecule has 102 valence electrons. The minimum Gasteiger partial charge on any atom is -0.508 e. The van der Waals surface area contributed by atoms with E-state index in [-0.39, 0.29) is 23.7 Å². The zero-order chi connectivity index (χ0) is 14.3. The van der Waals surface area contributed by atoms with Crippen molar-refractivity contribution in [1.82, 2.24) is 0 Å². The topological polar surface area (TPSA) is 90.9 Å². The molecule has 0 atom stereocenters. The number of rotatable bonds is 2. The highest BCUT2D eigenvalue weighted by Crippen LogP contribution is 2.34. The smallest absolute Gasteiger partial charge is 0.344 e. The van der Waals surface area contributed by atoms with E-state index in [1.54, 1.807) is 18.2 Å². The summed E-state index contributed by atoms with van der Waals surface area (Å²) < 4.78 is 5.17. The minimum absolute atomic E-state index is 0.0852. The van der Waals surface area contributed by atoms with Crippen molar-refractivity contribution in [2.75, 3.05) is 6.61 Å². The summed E-state index contributed by atoms with van der Waals surface area (Å²) >= 11 is 0. The van der Waals surface area contributed by atoms with Crippen LogP contribution in [0.4, 0.5) is 0 Å². The van der Waals surface area contributed by atoms with Crippen molar-refractivity contribution in [1.29, 1.82) is 0 Å². The van der Waals surface area contributed by atoms with Gasteiger partial charge in [-0.15, -0.1) is 0 Å². The van der Waals surface area contributed by atoms with Crippen molar-refractivity contribution in [3.05, 3.63) is 46.3 Å². The fraction of sp³-hybridized carbons (Fsp3) is 0.133. The van der Waals surface area contributed by atoms with Gasteiger partial charge in [0.2, 0.25) is 0 Å². The van der Waals surface area contributed by atoms with E-state index in [1.807, 2.05) is 0 Å². The molecule has 5 nitrogen and oxygen atoms in total. The number of phenolic OH excluding ortho intramolecular Hbond substituents is 2. The highest BCUT2D eigenvalue weighted by molar-refractivity contribution is 6.08. The van der Waals surface area contributed by atoms with E-state index in [4.69, 9.17) is 9.52 Å². The molecule has 2 aromatic carbocycles. The second-order valence-corrected chi connectivity index (χ2v) is 4.54. The molecular weight excluding hydrogens is 260 g/mol. The predicted molar refractivity (Wildman–Crippen MR) is 74.1 cm³/mol. The lowest BCUT2D eigenvalue weighted by Crippen LogP contribution is -2.05. The summed E-state index contributed by atoms with van der Waals surface area (Å²) in [5.41, 5.74) is 0.232. The van der Waals surface area contributed by atoms with Crippen molar-refractivity contribution in [3.8, 4) is 11.5 Å². The highest BCUT2D eigenvalue weighted by Gasteiger charge is 2.14. The molecule has 0 aliphatic rings. The third-order valence-electron chi connectivity index (χ3n) is 3.27. The Kier molecular flexibility index (Phi) is 2.84. The minimum atomic E-state index is -0.554. The first kappa shape index (κ1) is 12.5. The fourth-order valence-electron chi connectivity index (χ4n) is 2.47. The third kappa shape index (κ3) is 1.80. The first-order chi connectivity index (χ1) is 9.61. The number of fused-ring (bicyclic) bond motifs is 3. The van der Waals surface area contributed by atoms with Crippen LogP contribution in [-0.4, -0.2) is 21.9 Å². The Morgan fingerprint density at radius 2 is 1.90 bits per heavy atom. The van der Waals surface area contributed by atoms with E-state index in [1.165, 1.54) is 12.1 Å². The first-order valence-electron chi connectivity index (χ1n) is 6.13. The van der Waals surface area contributed by atoms with Crippen LogP contribution in [0, 0.1) is 0 Å². The largest absolute Gasteiger partial charge is 0.508 e. The van der Waals surface area contributed by atoms with Gasteiger partial charge in [-0.05, 0) is 12.0 Å². The molecule has 0 aliphatic heterocycles. The van der Waals surface area contributed by atoms with E-state index in [0.29, 0.717) is 28.1 Å². The molecule has 3 N–H and O–H groups in total. The van der Waals surface area contributed by atoms with E-state index >= 15 is 0 Å². The second kappa shape index (κ2) is 4.54. The number of phenols is 2. The lowest BCUT2D eigenvalue weighted by Gasteiger charge is -2.08. The summed E-state index contributed by atoms with van der Waals surface area (Å²) in [5.74, 6) is -0.334. The summed E-state index contributed by atoms with van der Waals surface area (Å²) in [6.07, 6.45) is 0.326. The predicted octanol–water partition coefficient (Wildman–Crippen LogP) is 1.89. The van der Waals surface area contributed by atoms with Gasteiger partial charge in [-0.25, -0.2) is 4.79 Å². The monoisotopic (exact) mass is 272 g/mol. The van der Waals surface area contributed by atoms with Gasteiger partial charge in [0, 0.05) is 24.1 Å². The van der Waals surface area contributed by atoms with Gasteiger partial charge in [-0.2, -0.15) is 0 Å². The Morgan fingerprint density at radius 1 is 1.10 bits per heavy atom. The van der Waals surface area contributed by atoms with Gasteiger partial charge in [-0.3, -0.25) is 0 Å². The molecule has 0 spiro atoms. The second-order valence-electron chi connectivity index (χ2n) is 4.54. The van der Waals surface area contributed by atoms with Gasteiger partial charge in [0.05, 0.1) is 10.8 Å². The summed E-state index contributed by atoms with van der Waals surface area (Å²) in [6.45, 7) is -0.0852. The summed E-state index contributed by atoms with van der Waals surface area (Å²) in [5, 5.41) is 29.8. The molecule has 5 heteroatoms. The Balaban J connectivity index is 2.54. The Morgan fingerprint density at radius 3 is 2.65 bits per heavy atom. The van der Waals surface area contributed by atoms with Crippen molar-refractivity contribution >= 4 is 21.7 Å². The molecule has 0 bridgehead atoms. The van der Waals surface area contributed by atoms with Crippen LogP contribution in [0.1, 0.15) is 5.56 Å². The molecule has 0 radical (unpaired) electrons. The van der Waals surface area contributed by atoms with Crippen LogP contribution in [-0.2, 0) is 6.42 Å². The summed E-state index contributed by atoms with van der Waals surface area (Å²) in [6, 6.07) is 7.67. The number of hydrogen-bond acceptors (Lipinski definition) is 5. The third-order valence-corrected chi connectivity index (χ3v) is 3.27. The van der Waals surface area contributed by atoms with E-state index in [2.05, 4.69) is 0 Å². The van der Waals surface area contributed by atoms with Crippen LogP contribution >= 0.6 is 0 Å². The van der Waals surface area contributed by atoms with Crippen LogP contribution in [0.5, 0.6) is 11.5 Å². The standard InChI is InChI=1S/C15H12O5/c16-5-4-8-2-1-3-10-13(8)15(19)20-12-7-9(17)6-11(18)14(10)12/h1-3,6-7,16-18H,4-5H2. The molecule has 0 aliphatic carbocycles. The molecule has 0 unspecified atom stereocenters. The maximum Gasteiger partial charge on any atom is 0.344 e. The highest BCUT2D eigenvalue weighted by atomic mass is 16.4. The average Bonchev–Trinajstić information content (AvgIpc) is 2.38. The number of aliphatic hydroxyl groups excluding tert-OH is 1. The van der Waals surface area contributed by atoms with Crippen LogP contribution in [0.25, 0.3) is 21.7 Å². The molecule has 0 fully saturated rings. The molecule has 1 aromatic heterocycles. The van der Waals surface area contributed by atoms with Crippen molar-refractivity contribution in [2.45, 2.75) is 6.42 Å². The van der Waals surface area contributed by atoms with Gasteiger partial charge in [0.25, 0.3) is 0 Å².